The molecule has 4 nitrogen and oxygen atoms in total. The molecule has 1 fully saturated rings. The lowest BCUT2D eigenvalue weighted by atomic mass is 10.0. The SMILES string of the molecule is CCC1CCCCN1Cc1nc(N)c2ccsc2n1. The van der Waals surface area contributed by atoms with Crippen LogP contribution >= 0.6 is 11.3 Å². The van der Waals surface area contributed by atoms with E-state index in [0.29, 0.717) is 11.9 Å². The normalized spacial score (nSPS) is 21.0. The standard InChI is InChI=1S/C14H20N4S/c1-2-10-5-3-4-7-18(10)9-12-16-13(15)11-6-8-19-14(11)17-12/h6,8,10H,2-5,7,9H2,1H3,(H2,15,16,17). The number of nitrogens with two attached hydrogens (primary N) is 1. The molecule has 3 rings (SSSR count). The average Bonchev–Trinajstić information content (AvgIpc) is 2.88. The number of nitrogens with zero attached hydrogens (tertiary/aromatic N) is 3. The van der Waals surface area contributed by atoms with Gasteiger partial charge >= 0.3 is 0 Å². The Labute approximate surface area is 117 Å². The number of thiophene rings is 1. The van der Waals surface area contributed by atoms with Crippen molar-refractivity contribution in [3.63, 3.8) is 0 Å². The molecule has 1 unspecified atom stereocenters. The summed E-state index contributed by atoms with van der Waals surface area (Å²) in [5.41, 5.74) is 6.01. The lowest BCUT2D eigenvalue weighted by Crippen LogP contribution is -2.38. The maximum absolute atomic E-state index is 6.01. The molecular weight excluding hydrogens is 256 g/mol. The van der Waals surface area contributed by atoms with Gasteiger partial charge in [0.25, 0.3) is 0 Å². The summed E-state index contributed by atoms with van der Waals surface area (Å²) < 4.78 is 0. The van der Waals surface area contributed by atoms with Crippen molar-refractivity contribution in [1.29, 1.82) is 0 Å². The zero-order valence-corrected chi connectivity index (χ0v) is 12.1. The molecule has 0 aliphatic carbocycles. The zero-order chi connectivity index (χ0) is 13.2. The predicted molar refractivity (Wildman–Crippen MR) is 80.2 cm³/mol. The summed E-state index contributed by atoms with van der Waals surface area (Å²) >= 11 is 1.63. The molecule has 2 N–H and O–H groups in total. The molecule has 102 valence electrons. The molecule has 0 spiro atoms. The third-order valence-electron chi connectivity index (χ3n) is 3.97. The largest absolute Gasteiger partial charge is 0.383 e. The van der Waals surface area contributed by atoms with E-state index in [9.17, 15) is 0 Å². The lowest BCUT2D eigenvalue weighted by molar-refractivity contribution is 0.133. The molecule has 0 radical (unpaired) electrons. The van der Waals surface area contributed by atoms with Crippen LogP contribution in [0.2, 0.25) is 0 Å². The van der Waals surface area contributed by atoms with Gasteiger partial charge < -0.3 is 5.73 Å². The highest BCUT2D eigenvalue weighted by molar-refractivity contribution is 7.16. The Morgan fingerprint density at radius 2 is 2.32 bits per heavy atom. The van der Waals surface area contributed by atoms with Crippen LogP contribution in [0.15, 0.2) is 11.4 Å². The summed E-state index contributed by atoms with van der Waals surface area (Å²) in [5, 5.41) is 3.01. The number of likely N-dealkylation sites (tertiary alicyclic amines) is 1. The van der Waals surface area contributed by atoms with Gasteiger partial charge in [-0.05, 0) is 37.3 Å². The summed E-state index contributed by atoms with van der Waals surface area (Å²) in [7, 11) is 0. The number of hydrogen-bond acceptors (Lipinski definition) is 5. The van der Waals surface area contributed by atoms with Crippen molar-refractivity contribution >= 4 is 27.4 Å². The van der Waals surface area contributed by atoms with Crippen LogP contribution in [0.1, 0.15) is 38.4 Å². The van der Waals surface area contributed by atoms with Gasteiger partial charge in [0.05, 0.1) is 11.9 Å². The number of aromatic nitrogens is 2. The molecule has 0 amide bonds. The van der Waals surface area contributed by atoms with Gasteiger partial charge in [-0.3, -0.25) is 4.90 Å². The number of piperidine rings is 1. The van der Waals surface area contributed by atoms with Gasteiger partial charge in [-0.15, -0.1) is 11.3 Å². The van der Waals surface area contributed by atoms with Crippen molar-refractivity contribution in [3.8, 4) is 0 Å². The summed E-state index contributed by atoms with van der Waals surface area (Å²) in [6.07, 6.45) is 5.14. The summed E-state index contributed by atoms with van der Waals surface area (Å²) in [4.78, 5) is 12.6. The molecule has 2 aromatic heterocycles. The van der Waals surface area contributed by atoms with Gasteiger partial charge in [0.2, 0.25) is 0 Å². The van der Waals surface area contributed by atoms with E-state index in [0.717, 1.165) is 29.1 Å². The fraction of sp³-hybridized carbons (Fsp3) is 0.571. The highest BCUT2D eigenvalue weighted by atomic mass is 32.1. The molecule has 1 aliphatic heterocycles. The molecule has 19 heavy (non-hydrogen) atoms. The third-order valence-corrected chi connectivity index (χ3v) is 4.77. The monoisotopic (exact) mass is 276 g/mol. The maximum atomic E-state index is 6.01. The van der Waals surface area contributed by atoms with Crippen LogP contribution in [0, 0.1) is 0 Å². The maximum Gasteiger partial charge on any atom is 0.146 e. The second-order valence-electron chi connectivity index (χ2n) is 5.19. The second-order valence-corrected chi connectivity index (χ2v) is 6.09. The fourth-order valence-corrected chi connectivity index (χ4v) is 3.70. The molecule has 2 aromatic rings. The first-order valence-electron chi connectivity index (χ1n) is 7.01. The van der Waals surface area contributed by atoms with Crippen LogP contribution in [-0.4, -0.2) is 27.5 Å². The molecule has 5 heteroatoms. The van der Waals surface area contributed by atoms with Crippen LogP contribution in [0.4, 0.5) is 5.82 Å². The van der Waals surface area contributed by atoms with Gasteiger partial charge in [-0.1, -0.05) is 13.3 Å². The van der Waals surface area contributed by atoms with Crippen LogP contribution < -0.4 is 5.73 Å². The highest BCUT2D eigenvalue weighted by Crippen LogP contribution is 2.25. The minimum atomic E-state index is 0.617. The number of hydrogen-bond donors (Lipinski definition) is 1. The molecule has 0 bridgehead atoms. The number of anilines is 1. The first kappa shape index (κ1) is 12.8. The number of fused-ring (bicyclic) bond motifs is 1. The Hall–Kier alpha value is -1.20. The molecule has 0 aromatic carbocycles. The van der Waals surface area contributed by atoms with Crippen molar-refractivity contribution < 1.29 is 0 Å². The van der Waals surface area contributed by atoms with Crippen LogP contribution in [-0.2, 0) is 6.54 Å². The Kier molecular flexibility index (Phi) is 3.66. The number of rotatable bonds is 3. The van der Waals surface area contributed by atoms with E-state index >= 15 is 0 Å². The second kappa shape index (κ2) is 5.43. The molecule has 3 heterocycles. The van der Waals surface area contributed by atoms with Crippen molar-refractivity contribution in [2.24, 2.45) is 0 Å². The topological polar surface area (TPSA) is 55.0 Å². The Balaban J connectivity index is 1.83. The molecular formula is C14H20N4S. The third kappa shape index (κ3) is 2.58. The quantitative estimate of drug-likeness (QED) is 0.936. The van der Waals surface area contributed by atoms with Crippen molar-refractivity contribution in [2.45, 2.75) is 45.2 Å². The van der Waals surface area contributed by atoms with E-state index in [1.165, 1.54) is 25.7 Å². The molecule has 1 atom stereocenters. The van der Waals surface area contributed by atoms with Crippen molar-refractivity contribution in [2.75, 3.05) is 12.3 Å². The lowest BCUT2D eigenvalue weighted by Gasteiger charge is -2.34. The van der Waals surface area contributed by atoms with Crippen molar-refractivity contribution in [1.82, 2.24) is 14.9 Å². The van der Waals surface area contributed by atoms with E-state index in [2.05, 4.69) is 21.8 Å². The Morgan fingerprint density at radius 3 is 3.16 bits per heavy atom. The first-order chi connectivity index (χ1) is 9.28. The smallest absolute Gasteiger partial charge is 0.146 e. The predicted octanol–water partition coefficient (Wildman–Crippen LogP) is 3.04. The van der Waals surface area contributed by atoms with E-state index in [-0.39, 0.29) is 0 Å². The Bertz CT molecular complexity index is 566. The summed E-state index contributed by atoms with van der Waals surface area (Å²) in [5.74, 6) is 1.49. The molecule has 1 aliphatic rings. The first-order valence-corrected chi connectivity index (χ1v) is 7.89. The van der Waals surface area contributed by atoms with E-state index in [4.69, 9.17) is 5.73 Å². The van der Waals surface area contributed by atoms with E-state index in [1.54, 1.807) is 11.3 Å². The van der Waals surface area contributed by atoms with Gasteiger partial charge in [0.15, 0.2) is 0 Å². The van der Waals surface area contributed by atoms with Crippen molar-refractivity contribution in [3.05, 3.63) is 17.3 Å². The minimum Gasteiger partial charge on any atom is -0.383 e. The molecule has 0 saturated carbocycles. The van der Waals surface area contributed by atoms with E-state index in [1.807, 2.05) is 11.4 Å². The van der Waals surface area contributed by atoms with Crippen LogP contribution in [0.5, 0.6) is 0 Å². The van der Waals surface area contributed by atoms with Gasteiger partial charge in [-0.2, -0.15) is 0 Å². The Morgan fingerprint density at radius 1 is 1.42 bits per heavy atom. The number of nitrogen functional groups attached to an aromatic ring is 1. The van der Waals surface area contributed by atoms with E-state index < -0.39 is 0 Å². The summed E-state index contributed by atoms with van der Waals surface area (Å²) in [6, 6.07) is 2.67. The minimum absolute atomic E-state index is 0.617. The average molecular weight is 276 g/mol. The molecule has 1 saturated heterocycles. The van der Waals surface area contributed by atoms with Gasteiger partial charge in [-0.25, -0.2) is 9.97 Å². The van der Waals surface area contributed by atoms with Crippen LogP contribution in [0.25, 0.3) is 10.2 Å². The summed E-state index contributed by atoms with van der Waals surface area (Å²) in [6.45, 7) is 4.25. The fourth-order valence-electron chi connectivity index (χ4n) is 2.91. The highest BCUT2D eigenvalue weighted by Gasteiger charge is 2.22. The van der Waals surface area contributed by atoms with Gasteiger partial charge in [0, 0.05) is 6.04 Å². The zero-order valence-electron chi connectivity index (χ0n) is 11.3. The van der Waals surface area contributed by atoms with Gasteiger partial charge in [0.1, 0.15) is 16.5 Å². The van der Waals surface area contributed by atoms with Crippen LogP contribution in [0.3, 0.4) is 0 Å².